The third-order valence-corrected chi connectivity index (χ3v) is 4.73. The van der Waals surface area contributed by atoms with Crippen LogP contribution in [0.5, 0.6) is 0 Å². The Balaban J connectivity index is 2.09. The van der Waals surface area contributed by atoms with E-state index in [1.54, 1.807) is 11.9 Å². The second-order valence-corrected chi connectivity index (χ2v) is 5.63. The minimum Gasteiger partial charge on any atom is -0.481 e. The molecule has 4 nitrogen and oxygen atoms in total. The molecule has 0 saturated heterocycles. The number of benzene rings is 1. The summed E-state index contributed by atoms with van der Waals surface area (Å²) in [6.07, 6.45) is 2.34. The highest BCUT2D eigenvalue weighted by Crippen LogP contribution is 2.46. The number of carbonyl (C=O) groups excluding carboxylic acids is 1. The average Bonchev–Trinajstić information content (AvgIpc) is 2.53. The highest BCUT2D eigenvalue weighted by molar-refractivity contribution is 6.04. The standard InChI is InChI=1S/C15H17NO3/c1-9-11-8-10(15(14(18)19)6-3-7-15)4-5-12(11)16(2)13(9)17/h4-5,8-9H,3,6-7H2,1-2H3,(H,18,19). The van der Waals surface area contributed by atoms with Gasteiger partial charge in [-0.2, -0.15) is 0 Å². The van der Waals surface area contributed by atoms with Gasteiger partial charge in [-0.1, -0.05) is 18.6 Å². The Bertz CT molecular complexity index is 575. The number of rotatable bonds is 2. The maximum atomic E-state index is 12.0. The topological polar surface area (TPSA) is 57.6 Å². The predicted molar refractivity (Wildman–Crippen MR) is 71.4 cm³/mol. The van der Waals surface area contributed by atoms with Crippen LogP contribution in [0, 0.1) is 0 Å². The summed E-state index contributed by atoms with van der Waals surface area (Å²) in [5.41, 5.74) is 1.98. The third-order valence-electron chi connectivity index (χ3n) is 4.73. The summed E-state index contributed by atoms with van der Waals surface area (Å²) >= 11 is 0. The van der Waals surface area contributed by atoms with Crippen molar-refractivity contribution in [2.24, 2.45) is 0 Å². The van der Waals surface area contributed by atoms with Gasteiger partial charge in [0.2, 0.25) is 5.91 Å². The van der Waals surface area contributed by atoms with E-state index in [0.29, 0.717) is 12.8 Å². The molecule has 0 aromatic heterocycles. The van der Waals surface area contributed by atoms with Gasteiger partial charge < -0.3 is 10.0 Å². The van der Waals surface area contributed by atoms with Crippen molar-refractivity contribution in [3.8, 4) is 0 Å². The first kappa shape index (κ1) is 12.2. The molecule has 1 N–H and O–H groups in total. The van der Waals surface area contributed by atoms with Crippen molar-refractivity contribution >= 4 is 17.6 Å². The lowest BCUT2D eigenvalue weighted by Gasteiger charge is -2.38. The van der Waals surface area contributed by atoms with Gasteiger partial charge in [0.15, 0.2) is 0 Å². The van der Waals surface area contributed by atoms with E-state index >= 15 is 0 Å². The number of hydrogen-bond acceptors (Lipinski definition) is 2. The van der Waals surface area contributed by atoms with Crippen molar-refractivity contribution < 1.29 is 14.7 Å². The summed E-state index contributed by atoms with van der Waals surface area (Å²) in [6, 6.07) is 5.68. The minimum absolute atomic E-state index is 0.0742. The zero-order chi connectivity index (χ0) is 13.8. The molecule has 1 aromatic carbocycles. The van der Waals surface area contributed by atoms with E-state index < -0.39 is 11.4 Å². The predicted octanol–water partition coefficient (Wildman–Crippen LogP) is 2.27. The zero-order valence-corrected chi connectivity index (χ0v) is 11.1. The first-order chi connectivity index (χ1) is 8.97. The van der Waals surface area contributed by atoms with Crippen molar-refractivity contribution in [3.63, 3.8) is 0 Å². The minimum atomic E-state index is -0.746. The van der Waals surface area contributed by atoms with Crippen LogP contribution >= 0.6 is 0 Å². The maximum absolute atomic E-state index is 12.0. The summed E-state index contributed by atoms with van der Waals surface area (Å²) < 4.78 is 0. The summed E-state index contributed by atoms with van der Waals surface area (Å²) in [6.45, 7) is 1.88. The van der Waals surface area contributed by atoms with Crippen LogP contribution in [-0.4, -0.2) is 24.0 Å². The quantitative estimate of drug-likeness (QED) is 0.886. The van der Waals surface area contributed by atoms with Gasteiger partial charge in [-0.3, -0.25) is 9.59 Å². The van der Waals surface area contributed by atoms with Crippen LogP contribution in [0.2, 0.25) is 0 Å². The first-order valence-corrected chi connectivity index (χ1v) is 6.63. The number of carboxylic acids is 1. The number of amides is 1. The van der Waals surface area contributed by atoms with Crippen molar-refractivity contribution in [3.05, 3.63) is 29.3 Å². The van der Waals surface area contributed by atoms with Crippen LogP contribution in [0.25, 0.3) is 0 Å². The third kappa shape index (κ3) is 1.46. The highest BCUT2D eigenvalue weighted by atomic mass is 16.4. The van der Waals surface area contributed by atoms with Crippen LogP contribution < -0.4 is 4.90 Å². The average molecular weight is 259 g/mol. The van der Waals surface area contributed by atoms with E-state index in [2.05, 4.69) is 0 Å². The van der Waals surface area contributed by atoms with Gasteiger partial charge in [-0.25, -0.2) is 0 Å². The molecule has 0 spiro atoms. The number of nitrogens with zero attached hydrogens (tertiary/aromatic N) is 1. The Hall–Kier alpha value is -1.84. The molecule has 1 fully saturated rings. The first-order valence-electron chi connectivity index (χ1n) is 6.63. The van der Waals surface area contributed by atoms with Crippen LogP contribution in [0.4, 0.5) is 5.69 Å². The number of anilines is 1. The number of hydrogen-bond donors (Lipinski definition) is 1. The molecule has 1 heterocycles. The van der Waals surface area contributed by atoms with Crippen LogP contribution in [0.15, 0.2) is 18.2 Å². The largest absolute Gasteiger partial charge is 0.481 e. The van der Waals surface area contributed by atoms with Crippen LogP contribution in [-0.2, 0) is 15.0 Å². The van der Waals surface area contributed by atoms with Gasteiger partial charge in [-0.05, 0) is 37.0 Å². The molecule has 1 aliphatic heterocycles. The van der Waals surface area contributed by atoms with Gasteiger partial charge in [0.25, 0.3) is 0 Å². The number of aliphatic carboxylic acids is 1. The number of likely N-dealkylation sites (N-methyl/N-ethyl adjacent to an activating group) is 1. The Morgan fingerprint density at radius 2 is 2.11 bits per heavy atom. The van der Waals surface area contributed by atoms with Crippen LogP contribution in [0.3, 0.4) is 0 Å². The molecule has 100 valence electrons. The normalized spacial score (nSPS) is 24.0. The van der Waals surface area contributed by atoms with E-state index in [9.17, 15) is 14.7 Å². The monoisotopic (exact) mass is 259 g/mol. The number of carbonyl (C=O) groups is 2. The van der Waals surface area contributed by atoms with Gasteiger partial charge in [0.1, 0.15) is 0 Å². The fourth-order valence-electron chi connectivity index (χ4n) is 3.20. The second kappa shape index (κ2) is 3.83. The highest BCUT2D eigenvalue weighted by Gasteiger charge is 2.46. The summed E-state index contributed by atoms with van der Waals surface area (Å²) in [7, 11) is 1.76. The van der Waals surface area contributed by atoms with Gasteiger partial charge in [0.05, 0.1) is 11.3 Å². The number of fused-ring (bicyclic) bond motifs is 1. The molecule has 1 aromatic rings. The Labute approximate surface area is 112 Å². The Kier molecular flexibility index (Phi) is 2.46. The van der Waals surface area contributed by atoms with E-state index in [1.165, 1.54) is 0 Å². The Morgan fingerprint density at radius 3 is 2.63 bits per heavy atom. The number of carboxylic acid groups (broad SMARTS) is 1. The molecular formula is C15H17NO3. The molecule has 2 aliphatic rings. The molecule has 1 amide bonds. The lowest BCUT2D eigenvalue weighted by atomic mass is 9.64. The molecule has 1 saturated carbocycles. The van der Waals surface area contributed by atoms with E-state index in [0.717, 1.165) is 23.2 Å². The fraction of sp³-hybridized carbons (Fsp3) is 0.467. The van der Waals surface area contributed by atoms with Crippen LogP contribution in [0.1, 0.15) is 43.2 Å². The SMILES string of the molecule is CC1C(=O)N(C)c2ccc(C3(C(=O)O)CCC3)cc21. The van der Waals surface area contributed by atoms with E-state index in [4.69, 9.17) is 0 Å². The smallest absolute Gasteiger partial charge is 0.314 e. The molecule has 4 heteroatoms. The molecule has 1 atom stereocenters. The lowest BCUT2D eigenvalue weighted by molar-refractivity contribution is -0.147. The van der Waals surface area contributed by atoms with E-state index in [-0.39, 0.29) is 11.8 Å². The molecule has 1 unspecified atom stereocenters. The van der Waals surface area contributed by atoms with Crippen molar-refractivity contribution in [1.82, 2.24) is 0 Å². The van der Waals surface area contributed by atoms with Gasteiger partial charge in [0, 0.05) is 12.7 Å². The Morgan fingerprint density at radius 1 is 1.42 bits per heavy atom. The summed E-state index contributed by atoms with van der Waals surface area (Å²) in [5, 5.41) is 9.48. The summed E-state index contributed by atoms with van der Waals surface area (Å²) in [4.78, 5) is 25.1. The van der Waals surface area contributed by atoms with Crippen molar-refractivity contribution in [2.75, 3.05) is 11.9 Å². The maximum Gasteiger partial charge on any atom is 0.314 e. The molecule has 0 radical (unpaired) electrons. The molecule has 0 bridgehead atoms. The second-order valence-electron chi connectivity index (χ2n) is 5.63. The molecule has 1 aliphatic carbocycles. The fourth-order valence-corrected chi connectivity index (χ4v) is 3.20. The zero-order valence-electron chi connectivity index (χ0n) is 11.1. The van der Waals surface area contributed by atoms with Crippen molar-refractivity contribution in [1.29, 1.82) is 0 Å². The summed E-state index contributed by atoms with van der Waals surface area (Å²) in [5.74, 6) is -0.847. The molecule has 19 heavy (non-hydrogen) atoms. The van der Waals surface area contributed by atoms with Crippen molar-refractivity contribution in [2.45, 2.75) is 37.5 Å². The van der Waals surface area contributed by atoms with Gasteiger partial charge in [-0.15, -0.1) is 0 Å². The molecular weight excluding hydrogens is 242 g/mol. The van der Waals surface area contributed by atoms with E-state index in [1.807, 2.05) is 25.1 Å². The van der Waals surface area contributed by atoms with Gasteiger partial charge >= 0.3 is 5.97 Å². The molecule has 3 rings (SSSR count). The lowest BCUT2D eigenvalue weighted by Crippen LogP contribution is -2.42.